The van der Waals surface area contributed by atoms with E-state index < -0.39 is 6.10 Å². The summed E-state index contributed by atoms with van der Waals surface area (Å²) in [4.78, 5) is 7.17. The van der Waals surface area contributed by atoms with Crippen LogP contribution >= 0.6 is 11.3 Å². The van der Waals surface area contributed by atoms with Gasteiger partial charge < -0.3 is 14.7 Å². The number of piperidine rings is 1. The fourth-order valence-corrected chi connectivity index (χ4v) is 4.82. The molecule has 1 saturated heterocycles. The second-order valence-corrected chi connectivity index (χ2v) is 8.39. The van der Waals surface area contributed by atoms with Crippen molar-refractivity contribution in [3.63, 3.8) is 0 Å². The van der Waals surface area contributed by atoms with Crippen LogP contribution in [-0.4, -0.2) is 47.3 Å². The zero-order chi connectivity index (χ0) is 18.6. The maximum absolute atomic E-state index is 10.4. The highest BCUT2D eigenvalue weighted by molar-refractivity contribution is 7.18. The van der Waals surface area contributed by atoms with Gasteiger partial charge in [0.05, 0.1) is 15.2 Å². The van der Waals surface area contributed by atoms with Crippen molar-refractivity contribution >= 4 is 21.6 Å². The van der Waals surface area contributed by atoms with Crippen LogP contribution in [-0.2, 0) is 0 Å². The smallest absolute Gasteiger partial charge is 0.122 e. The molecule has 142 valence electrons. The van der Waals surface area contributed by atoms with E-state index in [4.69, 9.17) is 9.72 Å². The van der Waals surface area contributed by atoms with Crippen molar-refractivity contribution in [2.45, 2.75) is 31.8 Å². The van der Waals surface area contributed by atoms with Crippen molar-refractivity contribution in [1.82, 2.24) is 9.88 Å². The minimum absolute atomic E-state index is 0.336. The number of hydrogen-bond acceptors (Lipinski definition) is 5. The Hall–Kier alpha value is -1.95. The number of fused-ring (bicyclic) bond motifs is 1. The van der Waals surface area contributed by atoms with Crippen LogP contribution in [0.3, 0.4) is 0 Å². The van der Waals surface area contributed by atoms with Gasteiger partial charge in [0.2, 0.25) is 0 Å². The first-order chi connectivity index (χ1) is 13.2. The van der Waals surface area contributed by atoms with E-state index in [-0.39, 0.29) is 0 Å². The van der Waals surface area contributed by atoms with Crippen LogP contribution in [0.25, 0.3) is 10.2 Å². The molecule has 1 aliphatic heterocycles. The van der Waals surface area contributed by atoms with E-state index in [1.165, 1.54) is 9.71 Å². The molecule has 0 bridgehead atoms. The van der Waals surface area contributed by atoms with Crippen molar-refractivity contribution < 1.29 is 9.84 Å². The fourth-order valence-electron chi connectivity index (χ4n) is 3.68. The SMILES string of the molecule is Cc1ccccc1OC[C@@H](O)CN1CCC(c2nc3ccccc3s2)CC1. The molecule has 2 heterocycles. The molecule has 0 amide bonds. The number of likely N-dealkylation sites (tertiary alicyclic amines) is 1. The van der Waals surface area contributed by atoms with Crippen LogP contribution in [0.2, 0.25) is 0 Å². The van der Waals surface area contributed by atoms with E-state index in [9.17, 15) is 5.11 Å². The predicted octanol–water partition coefficient (Wildman–Crippen LogP) is 4.22. The zero-order valence-corrected chi connectivity index (χ0v) is 16.5. The molecule has 1 aromatic heterocycles. The molecule has 1 fully saturated rings. The topological polar surface area (TPSA) is 45.6 Å². The molecule has 3 aromatic rings. The summed E-state index contributed by atoms with van der Waals surface area (Å²) in [6, 6.07) is 16.3. The average Bonchev–Trinajstić information content (AvgIpc) is 3.12. The predicted molar refractivity (Wildman–Crippen MR) is 111 cm³/mol. The molecular formula is C22H26N2O2S. The lowest BCUT2D eigenvalue weighted by Crippen LogP contribution is -2.40. The first kappa shape index (κ1) is 18.4. The number of aliphatic hydroxyl groups is 1. The van der Waals surface area contributed by atoms with Crippen LogP contribution in [0.5, 0.6) is 5.75 Å². The molecule has 27 heavy (non-hydrogen) atoms. The number of aryl methyl sites for hydroxylation is 1. The summed E-state index contributed by atoms with van der Waals surface area (Å²) in [5.74, 6) is 1.39. The lowest BCUT2D eigenvalue weighted by molar-refractivity contribution is 0.0592. The van der Waals surface area contributed by atoms with Gasteiger partial charge in [-0.2, -0.15) is 0 Å². The number of nitrogens with zero attached hydrogens (tertiary/aromatic N) is 2. The Bertz CT molecular complexity index is 854. The summed E-state index contributed by atoms with van der Waals surface area (Å²) in [5, 5.41) is 11.6. The largest absolute Gasteiger partial charge is 0.491 e. The zero-order valence-electron chi connectivity index (χ0n) is 15.7. The van der Waals surface area contributed by atoms with Gasteiger partial charge in [-0.25, -0.2) is 4.98 Å². The number of benzene rings is 2. The monoisotopic (exact) mass is 382 g/mol. The number of β-amino-alcohol motifs (C(OH)–C–C–N with tert-alkyl or cyclic N) is 1. The van der Waals surface area contributed by atoms with E-state index >= 15 is 0 Å². The van der Waals surface area contributed by atoms with Crippen LogP contribution in [0.15, 0.2) is 48.5 Å². The quantitative estimate of drug-likeness (QED) is 0.693. The summed E-state index contributed by atoms with van der Waals surface area (Å²) in [6.07, 6.45) is 1.74. The number of aliphatic hydroxyl groups excluding tert-OH is 1. The van der Waals surface area contributed by atoms with E-state index in [1.54, 1.807) is 0 Å². The third-order valence-electron chi connectivity index (χ3n) is 5.24. The number of ether oxygens (including phenoxy) is 1. The van der Waals surface area contributed by atoms with Crippen molar-refractivity contribution in [2.75, 3.05) is 26.2 Å². The van der Waals surface area contributed by atoms with E-state index in [1.807, 2.05) is 42.5 Å². The first-order valence-corrected chi connectivity index (χ1v) is 10.4. The number of aromatic nitrogens is 1. The van der Waals surface area contributed by atoms with Gasteiger partial charge in [0.15, 0.2) is 0 Å². The van der Waals surface area contributed by atoms with Crippen molar-refractivity contribution in [2.24, 2.45) is 0 Å². The van der Waals surface area contributed by atoms with Gasteiger partial charge >= 0.3 is 0 Å². The Morgan fingerprint density at radius 3 is 2.67 bits per heavy atom. The number of hydrogen-bond donors (Lipinski definition) is 1. The molecule has 4 nitrogen and oxygen atoms in total. The van der Waals surface area contributed by atoms with Crippen LogP contribution < -0.4 is 4.74 Å². The highest BCUT2D eigenvalue weighted by Gasteiger charge is 2.24. The van der Waals surface area contributed by atoms with Gasteiger partial charge in [-0.1, -0.05) is 30.3 Å². The summed E-state index contributed by atoms with van der Waals surface area (Å²) < 4.78 is 7.06. The van der Waals surface area contributed by atoms with Gasteiger partial charge in [0.25, 0.3) is 0 Å². The van der Waals surface area contributed by atoms with Gasteiger partial charge in [-0.05, 0) is 56.6 Å². The average molecular weight is 383 g/mol. The van der Waals surface area contributed by atoms with Crippen molar-refractivity contribution in [1.29, 1.82) is 0 Å². The van der Waals surface area contributed by atoms with Gasteiger partial charge in [0, 0.05) is 12.5 Å². The molecule has 0 aliphatic carbocycles. The summed E-state index contributed by atoms with van der Waals surface area (Å²) in [6.45, 7) is 5.03. The number of thiazole rings is 1. The summed E-state index contributed by atoms with van der Waals surface area (Å²) >= 11 is 1.83. The Morgan fingerprint density at radius 1 is 1.15 bits per heavy atom. The van der Waals surface area contributed by atoms with Crippen LogP contribution in [0.1, 0.15) is 29.3 Å². The molecule has 2 aromatic carbocycles. The Labute approximate surface area is 164 Å². The third-order valence-corrected chi connectivity index (χ3v) is 6.44. The Morgan fingerprint density at radius 2 is 1.89 bits per heavy atom. The Kier molecular flexibility index (Phi) is 5.72. The molecule has 1 atom stereocenters. The third kappa shape index (κ3) is 4.49. The minimum atomic E-state index is -0.469. The molecule has 1 aliphatic rings. The van der Waals surface area contributed by atoms with Crippen molar-refractivity contribution in [3.05, 3.63) is 59.1 Å². The molecule has 0 unspecified atom stereocenters. The molecule has 0 saturated carbocycles. The summed E-state index contributed by atoms with van der Waals surface area (Å²) in [7, 11) is 0. The van der Waals surface area contributed by atoms with Crippen LogP contribution in [0, 0.1) is 6.92 Å². The fraction of sp³-hybridized carbons (Fsp3) is 0.409. The minimum Gasteiger partial charge on any atom is -0.491 e. The summed E-state index contributed by atoms with van der Waals surface area (Å²) in [5.41, 5.74) is 2.21. The molecule has 0 radical (unpaired) electrons. The number of rotatable bonds is 6. The van der Waals surface area contributed by atoms with Crippen LogP contribution in [0.4, 0.5) is 0 Å². The second kappa shape index (κ2) is 8.38. The molecule has 1 N–H and O–H groups in total. The van der Waals surface area contributed by atoms with Gasteiger partial charge in [0.1, 0.15) is 18.5 Å². The Balaban J connectivity index is 1.26. The standard InChI is InChI=1S/C22H26N2O2S/c1-16-6-2-4-8-20(16)26-15-18(25)14-24-12-10-17(11-13-24)22-23-19-7-3-5-9-21(19)27-22/h2-9,17-18,25H,10-15H2,1H3/t18-/m0/s1. The highest BCUT2D eigenvalue weighted by atomic mass is 32.1. The highest BCUT2D eigenvalue weighted by Crippen LogP contribution is 2.33. The van der Waals surface area contributed by atoms with Gasteiger partial charge in [-0.15, -0.1) is 11.3 Å². The van der Waals surface area contributed by atoms with E-state index in [0.717, 1.165) is 42.8 Å². The normalized spacial score (nSPS) is 17.3. The molecule has 4 rings (SSSR count). The maximum Gasteiger partial charge on any atom is 0.122 e. The lowest BCUT2D eigenvalue weighted by atomic mass is 9.97. The number of para-hydroxylation sites is 2. The first-order valence-electron chi connectivity index (χ1n) is 9.63. The lowest BCUT2D eigenvalue weighted by Gasteiger charge is -2.32. The van der Waals surface area contributed by atoms with E-state index in [0.29, 0.717) is 19.1 Å². The van der Waals surface area contributed by atoms with Crippen molar-refractivity contribution in [3.8, 4) is 5.75 Å². The maximum atomic E-state index is 10.4. The second-order valence-electron chi connectivity index (χ2n) is 7.33. The van der Waals surface area contributed by atoms with Gasteiger partial charge in [-0.3, -0.25) is 0 Å². The molecule has 0 spiro atoms. The molecule has 5 heteroatoms. The van der Waals surface area contributed by atoms with E-state index in [2.05, 4.69) is 29.2 Å². The molecular weight excluding hydrogens is 356 g/mol.